The molecule has 0 aliphatic rings. The normalized spacial score (nSPS) is 12.1. The third-order valence-corrected chi connectivity index (χ3v) is 2.50. The molecule has 0 fully saturated rings. The number of hydrogen-bond donors (Lipinski definition) is 1. The molecule has 0 radical (unpaired) electrons. The second-order valence-electron chi connectivity index (χ2n) is 3.62. The lowest BCUT2D eigenvalue weighted by Gasteiger charge is -2.08. The first-order valence-electron chi connectivity index (χ1n) is 5.41. The molecule has 0 aromatic heterocycles. The predicted molar refractivity (Wildman–Crippen MR) is 56.5 cm³/mol. The van der Waals surface area contributed by atoms with Gasteiger partial charge in [0.05, 0.1) is 13.0 Å². The van der Waals surface area contributed by atoms with Crippen molar-refractivity contribution in [1.29, 1.82) is 0 Å². The van der Waals surface area contributed by atoms with Gasteiger partial charge in [0.1, 0.15) is 0 Å². The van der Waals surface area contributed by atoms with E-state index in [9.17, 15) is 9.59 Å². The van der Waals surface area contributed by atoms with E-state index in [0.717, 1.165) is 19.3 Å². The van der Waals surface area contributed by atoms with Crippen LogP contribution in [-0.2, 0) is 14.3 Å². The molecule has 4 nitrogen and oxygen atoms in total. The van der Waals surface area contributed by atoms with Gasteiger partial charge in [-0.05, 0) is 19.3 Å². The molecule has 0 spiro atoms. The Labute approximate surface area is 90.6 Å². The maximum Gasteiger partial charge on any atom is 0.306 e. The molecule has 0 heterocycles. The van der Waals surface area contributed by atoms with Crippen molar-refractivity contribution in [1.82, 2.24) is 0 Å². The van der Waals surface area contributed by atoms with Gasteiger partial charge in [0.15, 0.2) is 0 Å². The number of ether oxygens (including phenoxy) is 1. The van der Waals surface area contributed by atoms with Crippen molar-refractivity contribution in [2.75, 3.05) is 7.11 Å². The maximum absolute atomic E-state index is 10.8. The summed E-state index contributed by atoms with van der Waals surface area (Å²) in [5, 5.41) is 8.78. The second kappa shape index (κ2) is 8.26. The van der Waals surface area contributed by atoms with Crippen LogP contribution in [-0.4, -0.2) is 24.2 Å². The van der Waals surface area contributed by atoms with Crippen LogP contribution in [0, 0.1) is 5.92 Å². The number of carbonyl (C=O) groups is 2. The van der Waals surface area contributed by atoms with E-state index >= 15 is 0 Å². The lowest BCUT2D eigenvalue weighted by molar-refractivity contribution is -0.142. The predicted octanol–water partition coefficient (Wildman–Crippen LogP) is 2.22. The van der Waals surface area contributed by atoms with E-state index in [4.69, 9.17) is 5.11 Å². The SMILES string of the molecule is CCC(CCCCCC(=O)OC)C(=O)O. The van der Waals surface area contributed by atoms with Gasteiger partial charge < -0.3 is 9.84 Å². The average molecular weight is 216 g/mol. The Morgan fingerprint density at radius 2 is 1.93 bits per heavy atom. The fourth-order valence-electron chi connectivity index (χ4n) is 1.44. The molecule has 0 saturated heterocycles. The van der Waals surface area contributed by atoms with E-state index in [2.05, 4.69) is 4.74 Å². The van der Waals surface area contributed by atoms with Gasteiger partial charge in [0.2, 0.25) is 0 Å². The Kier molecular flexibility index (Phi) is 7.68. The standard InChI is InChI=1S/C11H20O4/c1-3-9(11(13)14)7-5-4-6-8-10(12)15-2/h9H,3-8H2,1-2H3,(H,13,14). The second-order valence-corrected chi connectivity index (χ2v) is 3.62. The highest BCUT2D eigenvalue weighted by Crippen LogP contribution is 2.14. The molecule has 0 bridgehead atoms. The summed E-state index contributed by atoms with van der Waals surface area (Å²) in [5.41, 5.74) is 0. The summed E-state index contributed by atoms with van der Waals surface area (Å²) in [6.45, 7) is 1.88. The number of carbonyl (C=O) groups excluding carboxylic acids is 1. The third-order valence-electron chi connectivity index (χ3n) is 2.50. The topological polar surface area (TPSA) is 63.6 Å². The molecule has 0 saturated carbocycles. The van der Waals surface area contributed by atoms with Crippen LogP contribution in [0.4, 0.5) is 0 Å². The molecule has 1 atom stereocenters. The number of unbranched alkanes of at least 4 members (excludes halogenated alkanes) is 2. The minimum Gasteiger partial charge on any atom is -0.481 e. The van der Waals surface area contributed by atoms with E-state index in [0.29, 0.717) is 19.3 Å². The Bertz CT molecular complexity index is 201. The number of carboxylic acids is 1. The van der Waals surface area contributed by atoms with E-state index in [-0.39, 0.29) is 11.9 Å². The van der Waals surface area contributed by atoms with Gasteiger partial charge in [0, 0.05) is 6.42 Å². The molecular formula is C11H20O4. The molecule has 1 N–H and O–H groups in total. The first-order valence-corrected chi connectivity index (χ1v) is 5.41. The molecule has 0 aromatic rings. The molecule has 15 heavy (non-hydrogen) atoms. The van der Waals surface area contributed by atoms with Crippen LogP contribution < -0.4 is 0 Å². The Morgan fingerprint density at radius 3 is 2.40 bits per heavy atom. The van der Waals surface area contributed by atoms with Gasteiger partial charge in [-0.1, -0.05) is 19.8 Å². The number of rotatable bonds is 8. The fraction of sp³-hybridized carbons (Fsp3) is 0.818. The minimum atomic E-state index is -0.717. The van der Waals surface area contributed by atoms with Gasteiger partial charge in [-0.15, -0.1) is 0 Å². The molecule has 4 heteroatoms. The first kappa shape index (κ1) is 13.9. The van der Waals surface area contributed by atoms with E-state index in [1.807, 2.05) is 6.92 Å². The Balaban J connectivity index is 3.45. The molecule has 88 valence electrons. The van der Waals surface area contributed by atoms with Crippen LogP contribution in [0.25, 0.3) is 0 Å². The number of carboxylic acid groups (broad SMARTS) is 1. The number of esters is 1. The van der Waals surface area contributed by atoms with E-state index < -0.39 is 5.97 Å². The highest BCUT2D eigenvalue weighted by atomic mass is 16.5. The summed E-state index contributed by atoms with van der Waals surface area (Å²) in [5.74, 6) is -1.14. The lowest BCUT2D eigenvalue weighted by Crippen LogP contribution is -2.12. The molecule has 0 aliphatic heterocycles. The average Bonchev–Trinajstić information content (AvgIpc) is 2.22. The van der Waals surface area contributed by atoms with Crippen LogP contribution in [0.5, 0.6) is 0 Å². The zero-order valence-corrected chi connectivity index (χ0v) is 9.49. The highest BCUT2D eigenvalue weighted by molar-refractivity contribution is 5.69. The zero-order valence-electron chi connectivity index (χ0n) is 9.49. The lowest BCUT2D eigenvalue weighted by atomic mass is 9.98. The zero-order chi connectivity index (χ0) is 11.7. The number of methoxy groups -OCH3 is 1. The molecule has 1 unspecified atom stereocenters. The smallest absolute Gasteiger partial charge is 0.306 e. The third kappa shape index (κ3) is 6.94. The van der Waals surface area contributed by atoms with E-state index in [1.54, 1.807) is 0 Å². The van der Waals surface area contributed by atoms with Crippen molar-refractivity contribution >= 4 is 11.9 Å². The van der Waals surface area contributed by atoms with Gasteiger partial charge in [0.25, 0.3) is 0 Å². The summed E-state index contributed by atoms with van der Waals surface area (Å²) in [4.78, 5) is 21.4. The van der Waals surface area contributed by atoms with Crippen LogP contribution in [0.3, 0.4) is 0 Å². The minimum absolute atomic E-state index is 0.194. The summed E-state index contributed by atoms with van der Waals surface area (Å²) >= 11 is 0. The van der Waals surface area contributed by atoms with Crippen LogP contribution in [0.2, 0.25) is 0 Å². The van der Waals surface area contributed by atoms with Gasteiger partial charge in [-0.3, -0.25) is 9.59 Å². The van der Waals surface area contributed by atoms with Crippen LogP contribution in [0.15, 0.2) is 0 Å². The molecular weight excluding hydrogens is 196 g/mol. The first-order chi connectivity index (χ1) is 7.11. The molecule has 0 aromatic carbocycles. The number of hydrogen-bond acceptors (Lipinski definition) is 3. The quantitative estimate of drug-likeness (QED) is 0.499. The molecule has 0 rings (SSSR count). The van der Waals surface area contributed by atoms with Crippen molar-refractivity contribution < 1.29 is 19.4 Å². The highest BCUT2D eigenvalue weighted by Gasteiger charge is 2.13. The van der Waals surface area contributed by atoms with Gasteiger partial charge >= 0.3 is 11.9 Å². The Morgan fingerprint density at radius 1 is 1.27 bits per heavy atom. The van der Waals surface area contributed by atoms with Crippen molar-refractivity contribution in [2.24, 2.45) is 5.92 Å². The molecule has 0 aliphatic carbocycles. The van der Waals surface area contributed by atoms with Crippen molar-refractivity contribution in [3.63, 3.8) is 0 Å². The fourth-order valence-corrected chi connectivity index (χ4v) is 1.44. The van der Waals surface area contributed by atoms with Crippen LogP contribution in [0.1, 0.15) is 45.4 Å². The largest absolute Gasteiger partial charge is 0.481 e. The summed E-state index contributed by atoms with van der Waals surface area (Å²) in [6, 6.07) is 0. The van der Waals surface area contributed by atoms with Gasteiger partial charge in [-0.2, -0.15) is 0 Å². The Hall–Kier alpha value is -1.06. The monoisotopic (exact) mass is 216 g/mol. The van der Waals surface area contributed by atoms with E-state index in [1.165, 1.54) is 7.11 Å². The van der Waals surface area contributed by atoms with Crippen molar-refractivity contribution in [3.8, 4) is 0 Å². The summed E-state index contributed by atoms with van der Waals surface area (Å²) in [7, 11) is 1.37. The summed E-state index contributed by atoms with van der Waals surface area (Å²) in [6.07, 6.45) is 4.34. The van der Waals surface area contributed by atoms with Gasteiger partial charge in [-0.25, -0.2) is 0 Å². The summed E-state index contributed by atoms with van der Waals surface area (Å²) < 4.78 is 4.50. The molecule has 0 amide bonds. The number of aliphatic carboxylic acids is 1. The maximum atomic E-state index is 10.8. The van der Waals surface area contributed by atoms with Crippen LogP contribution >= 0.6 is 0 Å². The van der Waals surface area contributed by atoms with Crippen molar-refractivity contribution in [3.05, 3.63) is 0 Å². The van der Waals surface area contributed by atoms with Crippen molar-refractivity contribution in [2.45, 2.75) is 45.4 Å².